The lowest BCUT2D eigenvalue weighted by Crippen LogP contribution is -2.69. The van der Waals surface area contributed by atoms with Crippen molar-refractivity contribution in [3.8, 4) is 0 Å². The van der Waals surface area contributed by atoms with E-state index in [0.29, 0.717) is 17.9 Å². The fourth-order valence-electron chi connectivity index (χ4n) is 3.50. The maximum absolute atomic E-state index is 12.5. The highest BCUT2D eigenvalue weighted by molar-refractivity contribution is 7.11. The highest BCUT2D eigenvalue weighted by atomic mass is 32.1. The van der Waals surface area contributed by atoms with Gasteiger partial charge < -0.3 is 20.5 Å². The van der Waals surface area contributed by atoms with E-state index in [1.165, 1.54) is 11.3 Å². The van der Waals surface area contributed by atoms with Gasteiger partial charge in [-0.2, -0.15) is 0 Å². The molecule has 3 rings (SSSR count). The highest BCUT2D eigenvalue weighted by Crippen LogP contribution is 2.38. The molecule has 2 fully saturated rings. The van der Waals surface area contributed by atoms with E-state index in [1.807, 2.05) is 13.8 Å². The molecule has 122 valence electrons. The van der Waals surface area contributed by atoms with Crippen molar-refractivity contribution in [2.45, 2.75) is 50.4 Å². The van der Waals surface area contributed by atoms with Crippen LogP contribution in [0.1, 0.15) is 41.6 Å². The molecule has 2 saturated heterocycles. The summed E-state index contributed by atoms with van der Waals surface area (Å²) in [6.45, 7) is 5.94. The monoisotopic (exact) mass is 325 g/mol. The number of aliphatic hydroxyl groups excluding tert-OH is 1. The zero-order chi connectivity index (χ0) is 15.8. The lowest BCUT2D eigenvalue weighted by atomic mass is 9.73. The van der Waals surface area contributed by atoms with E-state index in [1.54, 1.807) is 5.51 Å². The van der Waals surface area contributed by atoms with Crippen molar-refractivity contribution in [2.24, 2.45) is 0 Å². The largest absolute Gasteiger partial charge is 0.388 e. The maximum atomic E-state index is 12.5. The second-order valence-electron chi connectivity index (χ2n) is 6.45. The van der Waals surface area contributed by atoms with Crippen LogP contribution in [-0.4, -0.2) is 52.9 Å². The van der Waals surface area contributed by atoms with E-state index >= 15 is 0 Å². The van der Waals surface area contributed by atoms with E-state index in [2.05, 4.69) is 15.6 Å². The standard InChI is InChI=1S/C15H23N3O3S/c1-10-11(22-9-17-10)12(19)18-14(2)5-8-21-15(13(14)20)3-6-16-7-4-15/h9,13,16,20H,3-8H2,1-2H3,(H,18,19)/t13-,14+/m0/s1. The van der Waals surface area contributed by atoms with Crippen molar-refractivity contribution < 1.29 is 14.6 Å². The number of aromatic nitrogens is 1. The third kappa shape index (κ3) is 2.67. The lowest BCUT2D eigenvalue weighted by Gasteiger charge is -2.52. The Kier molecular flexibility index (Phi) is 4.24. The van der Waals surface area contributed by atoms with Crippen LogP contribution in [-0.2, 0) is 4.74 Å². The maximum Gasteiger partial charge on any atom is 0.263 e. The summed E-state index contributed by atoms with van der Waals surface area (Å²) < 4.78 is 5.96. The molecule has 0 bridgehead atoms. The molecule has 0 unspecified atom stereocenters. The number of carbonyl (C=O) groups is 1. The molecule has 3 heterocycles. The molecular weight excluding hydrogens is 302 g/mol. The molecule has 7 heteroatoms. The summed E-state index contributed by atoms with van der Waals surface area (Å²) >= 11 is 1.33. The first kappa shape index (κ1) is 15.9. The second-order valence-corrected chi connectivity index (χ2v) is 7.31. The van der Waals surface area contributed by atoms with Crippen LogP contribution in [0.3, 0.4) is 0 Å². The van der Waals surface area contributed by atoms with Gasteiger partial charge in [0.25, 0.3) is 5.91 Å². The first-order valence-corrected chi connectivity index (χ1v) is 8.60. The molecular formula is C15H23N3O3S. The Hall–Kier alpha value is -1.02. The number of piperidine rings is 1. The Balaban J connectivity index is 1.79. The van der Waals surface area contributed by atoms with Crippen molar-refractivity contribution in [1.29, 1.82) is 0 Å². The van der Waals surface area contributed by atoms with Crippen LogP contribution in [0.4, 0.5) is 0 Å². The number of carbonyl (C=O) groups excluding carboxylic acids is 1. The number of nitrogens with one attached hydrogen (secondary N) is 2. The molecule has 6 nitrogen and oxygen atoms in total. The number of hydrogen-bond donors (Lipinski definition) is 3. The van der Waals surface area contributed by atoms with E-state index < -0.39 is 17.2 Å². The van der Waals surface area contributed by atoms with Crippen LogP contribution in [0.5, 0.6) is 0 Å². The van der Waals surface area contributed by atoms with E-state index in [0.717, 1.165) is 31.6 Å². The zero-order valence-corrected chi connectivity index (χ0v) is 13.8. The number of nitrogens with zero attached hydrogens (tertiary/aromatic N) is 1. The number of thiazole rings is 1. The summed E-state index contributed by atoms with van der Waals surface area (Å²) in [6.07, 6.45) is 1.42. The fourth-order valence-corrected chi connectivity index (χ4v) is 4.19. The molecule has 1 aromatic rings. The lowest BCUT2D eigenvalue weighted by molar-refractivity contribution is -0.197. The van der Waals surface area contributed by atoms with Crippen molar-refractivity contribution in [3.63, 3.8) is 0 Å². The first-order chi connectivity index (χ1) is 10.5. The van der Waals surface area contributed by atoms with Crippen LogP contribution < -0.4 is 10.6 Å². The van der Waals surface area contributed by atoms with Crippen LogP contribution in [0.2, 0.25) is 0 Å². The fraction of sp³-hybridized carbons (Fsp3) is 0.733. The second kappa shape index (κ2) is 5.88. The molecule has 1 amide bonds. The topological polar surface area (TPSA) is 83.5 Å². The number of aryl methyl sites for hydroxylation is 1. The third-order valence-corrected chi connectivity index (χ3v) is 5.84. The molecule has 0 aromatic carbocycles. The number of hydrogen-bond acceptors (Lipinski definition) is 6. The van der Waals surface area contributed by atoms with Gasteiger partial charge in [0.15, 0.2) is 0 Å². The molecule has 2 aliphatic heterocycles. The number of rotatable bonds is 2. The summed E-state index contributed by atoms with van der Waals surface area (Å²) in [6, 6.07) is 0. The van der Waals surface area contributed by atoms with Crippen LogP contribution in [0, 0.1) is 6.92 Å². The molecule has 0 saturated carbocycles. The average Bonchev–Trinajstić information content (AvgIpc) is 2.92. The normalized spacial score (nSPS) is 31.1. The predicted octanol–water partition coefficient (Wildman–Crippen LogP) is 0.843. The first-order valence-electron chi connectivity index (χ1n) is 7.72. The van der Waals surface area contributed by atoms with Crippen LogP contribution in [0.15, 0.2) is 5.51 Å². The van der Waals surface area contributed by atoms with Gasteiger partial charge in [0.2, 0.25) is 0 Å². The van der Waals surface area contributed by atoms with Gasteiger partial charge in [-0.3, -0.25) is 4.79 Å². The van der Waals surface area contributed by atoms with E-state index in [4.69, 9.17) is 4.74 Å². The third-order valence-electron chi connectivity index (χ3n) is 4.91. The van der Waals surface area contributed by atoms with Gasteiger partial charge in [-0.15, -0.1) is 11.3 Å². The molecule has 1 aromatic heterocycles. The highest BCUT2D eigenvalue weighted by Gasteiger charge is 2.53. The van der Waals surface area contributed by atoms with Gasteiger partial charge in [-0.05, 0) is 46.2 Å². The summed E-state index contributed by atoms with van der Waals surface area (Å²) in [7, 11) is 0. The zero-order valence-electron chi connectivity index (χ0n) is 13.0. The number of amides is 1. The smallest absolute Gasteiger partial charge is 0.263 e. The van der Waals surface area contributed by atoms with E-state index in [9.17, 15) is 9.90 Å². The van der Waals surface area contributed by atoms with E-state index in [-0.39, 0.29) is 5.91 Å². The summed E-state index contributed by atoms with van der Waals surface area (Å²) in [4.78, 5) is 17.2. The van der Waals surface area contributed by atoms with Gasteiger partial charge in [-0.25, -0.2) is 4.98 Å². The van der Waals surface area contributed by atoms with Crippen LogP contribution >= 0.6 is 11.3 Å². The van der Waals surface area contributed by atoms with Crippen LogP contribution in [0.25, 0.3) is 0 Å². The minimum atomic E-state index is -0.715. The summed E-state index contributed by atoms with van der Waals surface area (Å²) in [5, 5.41) is 17.3. The van der Waals surface area contributed by atoms with Crippen molar-refractivity contribution in [2.75, 3.05) is 19.7 Å². The van der Waals surface area contributed by atoms with Crippen molar-refractivity contribution in [3.05, 3.63) is 16.1 Å². The molecule has 0 radical (unpaired) electrons. The Morgan fingerprint density at radius 2 is 2.23 bits per heavy atom. The number of ether oxygens (including phenoxy) is 1. The molecule has 2 aliphatic rings. The SMILES string of the molecule is Cc1ncsc1C(=O)N[C@]1(C)CCOC2(CCNCC2)[C@H]1O. The van der Waals surface area contributed by atoms with Gasteiger partial charge >= 0.3 is 0 Å². The quantitative estimate of drug-likeness (QED) is 0.751. The van der Waals surface area contributed by atoms with Crippen molar-refractivity contribution in [1.82, 2.24) is 15.6 Å². The number of aliphatic hydroxyl groups is 1. The Morgan fingerprint density at radius 3 is 2.86 bits per heavy atom. The van der Waals surface area contributed by atoms with Gasteiger partial charge in [-0.1, -0.05) is 0 Å². The summed E-state index contributed by atoms with van der Waals surface area (Å²) in [5.41, 5.74) is 1.17. The van der Waals surface area contributed by atoms with Gasteiger partial charge in [0.1, 0.15) is 11.0 Å². The predicted molar refractivity (Wildman–Crippen MR) is 84.1 cm³/mol. The summed E-state index contributed by atoms with van der Waals surface area (Å²) in [5.74, 6) is -0.160. The average molecular weight is 325 g/mol. The van der Waals surface area contributed by atoms with Gasteiger partial charge in [0.05, 0.1) is 22.3 Å². The minimum Gasteiger partial charge on any atom is -0.388 e. The molecule has 2 atom stereocenters. The molecule has 0 aliphatic carbocycles. The molecule has 3 N–H and O–H groups in total. The van der Waals surface area contributed by atoms with Crippen molar-refractivity contribution >= 4 is 17.2 Å². The minimum absolute atomic E-state index is 0.160. The Morgan fingerprint density at radius 1 is 1.50 bits per heavy atom. The van der Waals surface area contributed by atoms with Gasteiger partial charge in [0, 0.05) is 6.61 Å². The molecule has 1 spiro atoms. The molecule has 22 heavy (non-hydrogen) atoms. The Labute approximate surface area is 134 Å². The Bertz CT molecular complexity index is 550.